The molecule has 4 nitrogen and oxygen atoms in total. The van der Waals surface area contributed by atoms with Crippen molar-refractivity contribution in [2.45, 2.75) is 19.9 Å². The lowest BCUT2D eigenvalue weighted by Crippen LogP contribution is -2.50. The van der Waals surface area contributed by atoms with Crippen LogP contribution in [0.3, 0.4) is 0 Å². The van der Waals surface area contributed by atoms with E-state index < -0.39 is 0 Å². The molecule has 82 valence electrons. The van der Waals surface area contributed by atoms with Crippen molar-refractivity contribution in [3.05, 3.63) is 0 Å². The minimum absolute atomic E-state index is 0.202. The number of rotatable bonds is 0. The average Bonchev–Trinajstić information content (AvgIpc) is 2.45. The lowest BCUT2D eigenvalue weighted by atomic mass is 10.2. The van der Waals surface area contributed by atoms with Crippen molar-refractivity contribution >= 4 is 6.03 Å². The van der Waals surface area contributed by atoms with Gasteiger partial charge in [0.1, 0.15) is 0 Å². The molecule has 4 heteroatoms. The van der Waals surface area contributed by atoms with E-state index in [9.17, 15) is 4.79 Å². The highest BCUT2D eigenvalue weighted by Crippen LogP contribution is 2.17. The largest absolute Gasteiger partial charge is 0.326 e. The van der Waals surface area contributed by atoms with Crippen LogP contribution in [0.25, 0.3) is 0 Å². The Kier molecular flexibility index (Phi) is 3.75. The molecule has 14 heavy (non-hydrogen) atoms. The van der Waals surface area contributed by atoms with E-state index in [2.05, 4.69) is 11.9 Å². The summed E-state index contributed by atoms with van der Waals surface area (Å²) in [6, 6.07) is 0.634. The first-order valence-electron chi connectivity index (χ1n) is 5.39. The molecule has 0 N–H and O–H groups in total. The van der Waals surface area contributed by atoms with Crippen molar-refractivity contribution in [2.24, 2.45) is 0 Å². The maximum absolute atomic E-state index is 11.5. The van der Waals surface area contributed by atoms with E-state index in [1.54, 1.807) is 0 Å². The van der Waals surface area contributed by atoms with Crippen LogP contribution < -0.4 is 0 Å². The van der Waals surface area contributed by atoms with Gasteiger partial charge < -0.3 is 14.7 Å². The molecular weight excluding hydrogens is 178 g/mol. The van der Waals surface area contributed by atoms with Gasteiger partial charge in [-0.2, -0.15) is 0 Å². The zero-order valence-corrected chi connectivity index (χ0v) is 9.66. The second-order valence-corrected chi connectivity index (χ2v) is 3.77. The molecular formula is C10H21N3O. The normalized spacial score (nSPS) is 27.1. The summed E-state index contributed by atoms with van der Waals surface area (Å²) in [6.07, 6.45) is 0. The second kappa shape index (κ2) is 4.64. The summed E-state index contributed by atoms with van der Waals surface area (Å²) >= 11 is 0. The molecule has 0 aromatic carbocycles. The zero-order chi connectivity index (χ0) is 10.7. The molecule has 2 fully saturated rings. The van der Waals surface area contributed by atoms with Gasteiger partial charge in [0.2, 0.25) is 0 Å². The van der Waals surface area contributed by atoms with Crippen molar-refractivity contribution in [3.63, 3.8) is 0 Å². The van der Waals surface area contributed by atoms with E-state index >= 15 is 0 Å². The van der Waals surface area contributed by atoms with Gasteiger partial charge in [0.05, 0.1) is 6.04 Å². The topological polar surface area (TPSA) is 26.8 Å². The fraction of sp³-hybridized carbons (Fsp3) is 0.900. The summed E-state index contributed by atoms with van der Waals surface area (Å²) in [6.45, 7) is 7.82. The molecule has 0 bridgehead atoms. The van der Waals surface area contributed by atoms with Gasteiger partial charge in [-0.05, 0) is 7.05 Å². The number of hydrogen-bond acceptors (Lipinski definition) is 2. The molecule has 0 radical (unpaired) electrons. The summed E-state index contributed by atoms with van der Waals surface area (Å²) in [5.74, 6) is 0. The molecule has 0 spiro atoms. The van der Waals surface area contributed by atoms with Crippen LogP contribution >= 0.6 is 0 Å². The number of nitrogens with zero attached hydrogens (tertiary/aromatic N) is 3. The Morgan fingerprint density at radius 2 is 1.79 bits per heavy atom. The third-order valence-electron chi connectivity index (χ3n) is 2.74. The van der Waals surface area contributed by atoms with Crippen LogP contribution in [0.1, 0.15) is 13.8 Å². The molecule has 1 atom stereocenters. The van der Waals surface area contributed by atoms with Crippen molar-refractivity contribution in [3.8, 4) is 0 Å². The SMILES string of the molecule is CC.CN1CCN2C(=O)N(C)C[C@H]2C1. The van der Waals surface area contributed by atoms with E-state index in [0.29, 0.717) is 6.04 Å². The highest BCUT2D eigenvalue weighted by Gasteiger charge is 2.37. The van der Waals surface area contributed by atoms with E-state index in [4.69, 9.17) is 0 Å². The van der Waals surface area contributed by atoms with Crippen LogP contribution in [0.15, 0.2) is 0 Å². The minimum atomic E-state index is 0.202. The van der Waals surface area contributed by atoms with Gasteiger partial charge in [-0.3, -0.25) is 0 Å². The Morgan fingerprint density at radius 1 is 1.14 bits per heavy atom. The van der Waals surface area contributed by atoms with Crippen molar-refractivity contribution in [1.29, 1.82) is 0 Å². The highest BCUT2D eigenvalue weighted by atomic mass is 16.2. The molecule has 2 rings (SSSR count). The summed E-state index contributed by atoms with van der Waals surface area (Å²) in [7, 11) is 3.99. The van der Waals surface area contributed by atoms with Crippen molar-refractivity contribution in [1.82, 2.24) is 14.7 Å². The van der Waals surface area contributed by atoms with Gasteiger partial charge in [-0.1, -0.05) is 13.8 Å². The summed E-state index contributed by atoms with van der Waals surface area (Å²) in [5, 5.41) is 0. The van der Waals surface area contributed by atoms with Gasteiger partial charge in [0.25, 0.3) is 0 Å². The Labute approximate surface area is 86.5 Å². The number of amides is 2. The Morgan fingerprint density at radius 3 is 2.43 bits per heavy atom. The Balaban J connectivity index is 0.000000461. The van der Waals surface area contributed by atoms with Gasteiger partial charge in [-0.15, -0.1) is 0 Å². The van der Waals surface area contributed by atoms with Crippen LogP contribution in [0, 0.1) is 0 Å². The Hall–Kier alpha value is -0.770. The molecule has 0 aliphatic carbocycles. The van der Waals surface area contributed by atoms with Crippen LogP contribution in [-0.2, 0) is 0 Å². The minimum Gasteiger partial charge on any atom is -0.326 e. The number of hydrogen-bond donors (Lipinski definition) is 0. The number of piperazine rings is 1. The molecule has 0 aromatic rings. The first kappa shape index (κ1) is 11.3. The molecule has 2 saturated heterocycles. The molecule has 0 unspecified atom stereocenters. The molecule has 2 aliphatic heterocycles. The summed E-state index contributed by atoms with van der Waals surface area (Å²) < 4.78 is 0. The standard InChI is InChI=1S/C8H15N3O.C2H6/c1-9-3-4-11-7(5-9)6-10(2)8(11)12;1-2/h7H,3-6H2,1-2H3;1-2H3/t7-;/m1./s1. The first-order chi connectivity index (χ1) is 6.68. The fourth-order valence-electron chi connectivity index (χ4n) is 2.03. The van der Waals surface area contributed by atoms with Crippen LogP contribution in [0.5, 0.6) is 0 Å². The monoisotopic (exact) mass is 199 g/mol. The van der Waals surface area contributed by atoms with Crippen LogP contribution in [0.2, 0.25) is 0 Å². The quantitative estimate of drug-likeness (QED) is 0.574. The number of carbonyl (C=O) groups is 1. The van der Waals surface area contributed by atoms with Crippen LogP contribution in [-0.4, -0.2) is 67.0 Å². The second-order valence-electron chi connectivity index (χ2n) is 3.77. The van der Waals surface area contributed by atoms with Gasteiger partial charge >= 0.3 is 6.03 Å². The van der Waals surface area contributed by atoms with Crippen molar-refractivity contribution in [2.75, 3.05) is 40.3 Å². The van der Waals surface area contributed by atoms with Crippen LogP contribution in [0.4, 0.5) is 4.79 Å². The van der Waals surface area contributed by atoms with E-state index in [1.807, 2.05) is 30.7 Å². The molecule has 2 amide bonds. The van der Waals surface area contributed by atoms with Gasteiger partial charge in [0, 0.05) is 33.2 Å². The molecule has 0 aromatic heterocycles. The smallest absolute Gasteiger partial charge is 0.320 e. The maximum Gasteiger partial charge on any atom is 0.320 e. The van der Waals surface area contributed by atoms with E-state index in [0.717, 1.165) is 26.2 Å². The molecule has 2 heterocycles. The summed E-state index contributed by atoms with van der Waals surface area (Å²) in [4.78, 5) is 17.6. The first-order valence-corrected chi connectivity index (χ1v) is 5.39. The van der Waals surface area contributed by atoms with Crippen molar-refractivity contribution < 1.29 is 4.79 Å². The van der Waals surface area contributed by atoms with Gasteiger partial charge in [0.15, 0.2) is 0 Å². The van der Waals surface area contributed by atoms with E-state index in [-0.39, 0.29) is 6.03 Å². The predicted molar refractivity (Wildman–Crippen MR) is 57.4 cm³/mol. The summed E-state index contributed by atoms with van der Waals surface area (Å²) in [5.41, 5.74) is 0. The number of urea groups is 1. The lowest BCUT2D eigenvalue weighted by molar-refractivity contribution is 0.138. The number of fused-ring (bicyclic) bond motifs is 1. The molecule has 2 aliphatic rings. The highest BCUT2D eigenvalue weighted by molar-refractivity contribution is 5.77. The fourth-order valence-corrected chi connectivity index (χ4v) is 2.03. The maximum atomic E-state index is 11.5. The number of likely N-dealkylation sites (N-methyl/N-ethyl adjacent to an activating group) is 2. The number of carbonyl (C=O) groups excluding carboxylic acids is 1. The predicted octanol–water partition coefficient (Wildman–Crippen LogP) is 0.694. The zero-order valence-electron chi connectivity index (χ0n) is 9.66. The Bertz CT molecular complexity index is 208. The van der Waals surface area contributed by atoms with Gasteiger partial charge in [-0.25, -0.2) is 4.79 Å². The lowest BCUT2D eigenvalue weighted by Gasteiger charge is -2.33. The third-order valence-corrected chi connectivity index (χ3v) is 2.74. The third kappa shape index (κ3) is 2.00. The average molecular weight is 199 g/mol. The molecule has 0 saturated carbocycles. The van der Waals surface area contributed by atoms with E-state index in [1.165, 1.54) is 0 Å².